The van der Waals surface area contributed by atoms with Crippen molar-refractivity contribution in [2.24, 2.45) is 0 Å². The molecule has 1 heterocycles. The van der Waals surface area contributed by atoms with Crippen molar-refractivity contribution in [1.29, 1.82) is 0 Å². The highest BCUT2D eigenvalue weighted by Gasteiger charge is 2.41. The molecule has 0 saturated carbocycles. The van der Waals surface area contributed by atoms with Gasteiger partial charge in [-0.15, -0.1) is 0 Å². The van der Waals surface area contributed by atoms with E-state index in [1.165, 1.54) is 19.2 Å². The Labute approximate surface area is 151 Å². The van der Waals surface area contributed by atoms with E-state index in [0.29, 0.717) is 10.6 Å². The van der Waals surface area contributed by atoms with Gasteiger partial charge in [0.05, 0.1) is 23.9 Å². The third-order valence-electron chi connectivity index (χ3n) is 3.84. The highest BCUT2D eigenvalue weighted by molar-refractivity contribution is 6.60. The van der Waals surface area contributed by atoms with Gasteiger partial charge in [-0.3, -0.25) is 9.59 Å². The average Bonchev–Trinajstić information content (AvgIpc) is 2.83. The number of benzene rings is 2. The lowest BCUT2D eigenvalue weighted by atomic mass is 10.0. The average molecular weight is 382 g/mol. The topological polar surface area (TPSA) is 46.6 Å². The fourth-order valence-electron chi connectivity index (χ4n) is 2.64. The van der Waals surface area contributed by atoms with Crippen molar-refractivity contribution in [3.05, 3.63) is 64.7 Å². The first-order chi connectivity index (χ1) is 12.3. The zero-order valence-corrected chi connectivity index (χ0v) is 14.1. The second-order valence-electron chi connectivity index (χ2n) is 5.38. The standard InChI is InChI=1S/C18H11ClF3NO3/c1-26-13-8-3-2-7-12(13)14-15(19)17(25)23(16(14)24)11-6-4-5-10(9-11)18(20,21)22/h2-9H,1H3. The molecule has 0 atom stereocenters. The number of imide groups is 1. The first-order valence-corrected chi connectivity index (χ1v) is 7.72. The summed E-state index contributed by atoms with van der Waals surface area (Å²) in [6.07, 6.45) is -4.61. The van der Waals surface area contributed by atoms with Crippen molar-refractivity contribution >= 4 is 34.7 Å². The van der Waals surface area contributed by atoms with Crippen LogP contribution in [0.5, 0.6) is 5.75 Å². The summed E-state index contributed by atoms with van der Waals surface area (Å²) in [6.45, 7) is 0. The van der Waals surface area contributed by atoms with E-state index in [2.05, 4.69) is 0 Å². The van der Waals surface area contributed by atoms with Gasteiger partial charge in [-0.1, -0.05) is 35.9 Å². The first-order valence-electron chi connectivity index (χ1n) is 7.35. The number of anilines is 1. The summed E-state index contributed by atoms with van der Waals surface area (Å²) < 4.78 is 43.9. The van der Waals surface area contributed by atoms with Crippen molar-refractivity contribution < 1.29 is 27.5 Å². The highest BCUT2D eigenvalue weighted by Crippen LogP contribution is 2.39. The molecule has 2 aromatic carbocycles. The second kappa shape index (κ2) is 6.49. The molecule has 0 fully saturated rings. The van der Waals surface area contributed by atoms with E-state index in [1.807, 2.05) is 0 Å². The number of carbonyl (C=O) groups excluding carboxylic acids is 2. The minimum absolute atomic E-state index is 0.119. The van der Waals surface area contributed by atoms with E-state index in [0.717, 1.165) is 18.2 Å². The van der Waals surface area contributed by atoms with Crippen LogP contribution in [0.3, 0.4) is 0 Å². The maximum atomic E-state index is 12.9. The van der Waals surface area contributed by atoms with Gasteiger partial charge in [0.1, 0.15) is 10.8 Å². The maximum Gasteiger partial charge on any atom is 0.416 e. The Morgan fingerprint density at radius 1 is 1.00 bits per heavy atom. The molecule has 2 aromatic rings. The molecule has 1 aliphatic heterocycles. The van der Waals surface area contributed by atoms with E-state index in [4.69, 9.17) is 16.3 Å². The molecule has 26 heavy (non-hydrogen) atoms. The number of rotatable bonds is 3. The number of halogens is 4. The van der Waals surface area contributed by atoms with Crippen LogP contribution in [0.1, 0.15) is 11.1 Å². The van der Waals surface area contributed by atoms with Gasteiger partial charge in [-0.25, -0.2) is 4.90 Å². The Morgan fingerprint density at radius 2 is 1.69 bits per heavy atom. The summed E-state index contributed by atoms with van der Waals surface area (Å²) in [5, 5.41) is -0.378. The molecule has 0 saturated heterocycles. The Kier molecular flexibility index (Phi) is 4.50. The monoisotopic (exact) mass is 381 g/mol. The van der Waals surface area contributed by atoms with E-state index in [-0.39, 0.29) is 21.9 Å². The van der Waals surface area contributed by atoms with Crippen LogP contribution in [0.25, 0.3) is 5.57 Å². The molecular weight excluding hydrogens is 371 g/mol. The summed E-state index contributed by atoms with van der Waals surface area (Å²) >= 11 is 6.05. The molecule has 0 aromatic heterocycles. The van der Waals surface area contributed by atoms with Crippen molar-refractivity contribution in [3.63, 3.8) is 0 Å². The second-order valence-corrected chi connectivity index (χ2v) is 5.76. The van der Waals surface area contributed by atoms with Crippen molar-refractivity contribution in [1.82, 2.24) is 0 Å². The van der Waals surface area contributed by atoms with E-state index >= 15 is 0 Å². The third kappa shape index (κ3) is 2.94. The number of hydrogen-bond acceptors (Lipinski definition) is 3. The third-order valence-corrected chi connectivity index (χ3v) is 4.19. The lowest BCUT2D eigenvalue weighted by molar-refractivity contribution is -0.137. The lowest BCUT2D eigenvalue weighted by Gasteiger charge is -2.17. The van der Waals surface area contributed by atoms with Crippen molar-refractivity contribution in [2.75, 3.05) is 12.0 Å². The van der Waals surface area contributed by atoms with Gasteiger partial charge in [0.15, 0.2) is 0 Å². The van der Waals surface area contributed by atoms with Crippen LogP contribution in [-0.2, 0) is 15.8 Å². The van der Waals surface area contributed by atoms with Crippen LogP contribution in [0.4, 0.5) is 18.9 Å². The number of carbonyl (C=O) groups is 2. The molecule has 1 aliphatic rings. The largest absolute Gasteiger partial charge is 0.496 e. The van der Waals surface area contributed by atoms with E-state index in [9.17, 15) is 22.8 Å². The molecule has 0 aliphatic carbocycles. The molecule has 0 radical (unpaired) electrons. The highest BCUT2D eigenvalue weighted by atomic mass is 35.5. The number of para-hydroxylation sites is 1. The summed E-state index contributed by atoms with van der Waals surface area (Å²) in [4.78, 5) is 25.9. The lowest BCUT2D eigenvalue weighted by Crippen LogP contribution is -2.31. The van der Waals surface area contributed by atoms with Crippen LogP contribution in [0, 0.1) is 0 Å². The van der Waals surface area contributed by atoms with Crippen molar-refractivity contribution in [3.8, 4) is 5.75 Å². The van der Waals surface area contributed by atoms with Crippen LogP contribution in [-0.4, -0.2) is 18.9 Å². The van der Waals surface area contributed by atoms with Crippen LogP contribution in [0.2, 0.25) is 0 Å². The minimum Gasteiger partial charge on any atom is -0.496 e. The molecule has 0 spiro atoms. The van der Waals surface area contributed by atoms with Crippen LogP contribution in [0.15, 0.2) is 53.6 Å². The summed E-state index contributed by atoms with van der Waals surface area (Å²) in [6, 6.07) is 10.3. The summed E-state index contributed by atoms with van der Waals surface area (Å²) in [5.41, 5.74) is -1.02. The molecule has 8 heteroatoms. The molecule has 0 bridgehead atoms. The number of methoxy groups -OCH3 is 1. The molecular formula is C18H11ClF3NO3. The summed E-state index contributed by atoms with van der Waals surface area (Å²) in [5.74, 6) is -1.39. The van der Waals surface area contributed by atoms with Crippen LogP contribution < -0.4 is 9.64 Å². The zero-order valence-electron chi connectivity index (χ0n) is 13.3. The number of alkyl halides is 3. The normalized spacial score (nSPS) is 15.0. The molecule has 4 nitrogen and oxygen atoms in total. The van der Waals surface area contributed by atoms with Gasteiger partial charge in [0, 0.05) is 5.56 Å². The van der Waals surface area contributed by atoms with Crippen molar-refractivity contribution in [2.45, 2.75) is 6.18 Å². The van der Waals surface area contributed by atoms with Gasteiger partial charge in [0.2, 0.25) is 0 Å². The molecule has 0 N–H and O–H groups in total. The Balaban J connectivity index is 2.07. The Hall–Kier alpha value is -2.80. The summed E-state index contributed by atoms with van der Waals surface area (Å²) in [7, 11) is 1.39. The Bertz CT molecular complexity index is 937. The number of nitrogens with zero attached hydrogens (tertiary/aromatic N) is 1. The quantitative estimate of drug-likeness (QED) is 0.747. The van der Waals surface area contributed by atoms with E-state index in [1.54, 1.807) is 18.2 Å². The van der Waals surface area contributed by atoms with Gasteiger partial charge >= 0.3 is 6.18 Å². The van der Waals surface area contributed by atoms with Gasteiger partial charge < -0.3 is 4.74 Å². The fraction of sp³-hybridized carbons (Fsp3) is 0.111. The number of amides is 2. The van der Waals surface area contributed by atoms with Gasteiger partial charge in [0.25, 0.3) is 11.8 Å². The number of ether oxygens (including phenoxy) is 1. The van der Waals surface area contributed by atoms with Gasteiger partial charge in [-0.2, -0.15) is 13.2 Å². The zero-order chi connectivity index (χ0) is 19.1. The molecule has 134 valence electrons. The predicted octanol–water partition coefficient (Wildman–Crippen LogP) is 4.24. The molecule has 3 rings (SSSR count). The molecule has 2 amide bonds. The predicted molar refractivity (Wildman–Crippen MR) is 89.7 cm³/mol. The van der Waals surface area contributed by atoms with Gasteiger partial charge in [-0.05, 0) is 24.3 Å². The minimum atomic E-state index is -4.61. The Morgan fingerprint density at radius 3 is 2.35 bits per heavy atom. The van der Waals surface area contributed by atoms with E-state index < -0.39 is 23.6 Å². The molecule has 0 unspecified atom stereocenters. The maximum absolute atomic E-state index is 12.9. The number of hydrogen-bond donors (Lipinski definition) is 0. The smallest absolute Gasteiger partial charge is 0.416 e. The van der Waals surface area contributed by atoms with Crippen LogP contribution >= 0.6 is 11.6 Å². The first kappa shape index (κ1) is 18.0. The fourth-order valence-corrected chi connectivity index (χ4v) is 2.91. The SMILES string of the molecule is COc1ccccc1C1=C(Cl)C(=O)N(c2cccc(C(F)(F)F)c2)C1=O.